The zero-order chi connectivity index (χ0) is 13.8. The molecule has 1 saturated heterocycles. The number of nitrogens with one attached hydrogen (secondary N) is 2. The molecule has 3 nitrogen and oxygen atoms in total. The lowest BCUT2D eigenvalue weighted by atomic mass is 9.97. The molecule has 19 heavy (non-hydrogen) atoms. The van der Waals surface area contributed by atoms with Crippen molar-refractivity contribution in [3.8, 4) is 0 Å². The summed E-state index contributed by atoms with van der Waals surface area (Å²) >= 11 is 3.41. The van der Waals surface area contributed by atoms with Crippen LogP contribution in [-0.2, 0) is 0 Å². The lowest BCUT2D eigenvalue weighted by Crippen LogP contribution is -2.50. The second-order valence-corrected chi connectivity index (χ2v) is 6.00. The minimum atomic E-state index is -0.144. The highest BCUT2D eigenvalue weighted by Crippen LogP contribution is 2.26. The molecule has 0 saturated carbocycles. The maximum atomic E-state index is 14.0. The van der Waals surface area contributed by atoms with E-state index in [2.05, 4.69) is 38.5 Å². The van der Waals surface area contributed by atoms with Gasteiger partial charge >= 0.3 is 0 Å². The molecule has 1 aromatic carbocycles. The lowest BCUT2D eigenvalue weighted by Gasteiger charge is -2.35. The summed E-state index contributed by atoms with van der Waals surface area (Å²) < 4.78 is 14.9. The fourth-order valence-electron chi connectivity index (χ4n) is 2.58. The van der Waals surface area contributed by atoms with Gasteiger partial charge in [0.1, 0.15) is 5.82 Å². The molecule has 1 heterocycles. The molecular formula is C14H21BrFN3. The van der Waals surface area contributed by atoms with Crippen molar-refractivity contribution >= 4 is 15.9 Å². The Balaban J connectivity index is 2.13. The van der Waals surface area contributed by atoms with Gasteiger partial charge in [-0.1, -0.05) is 15.9 Å². The second kappa shape index (κ2) is 6.79. The molecule has 1 aliphatic heterocycles. The molecule has 2 unspecified atom stereocenters. The van der Waals surface area contributed by atoms with Crippen molar-refractivity contribution in [2.45, 2.75) is 18.5 Å². The zero-order valence-corrected chi connectivity index (χ0v) is 13.0. The van der Waals surface area contributed by atoms with Crippen LogP contribution in [0.2, 0.25) is 0 Å². The van der Waals surface area contributed by atoms with Gasteiger partial charge in [0.25, 0.3) is 0 Å². The predicted octanol–water partition coefficient (Wildman–Crippen LogP) is 2.14. The van der Waals surface area contributed by atoms with E-state index in [1.807, 2.05) is 13.1 Å². The van der Waals surface area contributed by atoms with Crippen LogP contribution in [0.4, 0.5) is 4.39 Å². The van der Waals surface area contributed by atoms with Crippen LogP contribution < -0.4 is 10.6 Å². The Labute approximate surface area is 122 Å². The first-order valence-corrected chi connectivity index (χ1v) is 7.44. The highest BCUT2D eigenvalue weighted by molar-refractivity contribution is 9.10. The highest BCUT2D eigenvalue weighted by atomic mass is 79.9. The van der Waals surface area contributed by atoms with Crippen molar-refractivity contribution in [1.82, 2.24) is 15.5 Å². The van der Waals surface area contributed by atoms with E-state index in [0.717, 1.165) is 36.1 Å². The fourth-order valence-corrected chi connectivity index (χ4v) is 2.96. The number of nitrogens with zero attached hydrogens (tertiary/aromatic N) is 1. The molecule has 1 aliphatic rings. The average Bonchev–Trinajstić information content (AvgIpc) is 2.41. The molecular weight excluding hydrogens is 309 g/mol. The minimum Gasteiger partial charge on any atom is -0.314 e. The van der Waals surface area contributed by atoms with E-state index in [1.165, 1.54) is 6.07 Å². The first-order valence-electron chi connectivity index (χ1n) is 6.65. The van der Waals surface area contributed by atoms with E-state index in [4.69, 9.17) is 0 Å². The van der Waals surface area contributed by atoms with Crippen molar-refractivity contribution in [3.63, 3.8) is 0 Å². The van der Waals surface area contributed by atoms with Gasteiger partial charge < -0.3 is 15.5 Å². The number of rotatable bonds is 4. The highest BCUT2D eigenvalue weighted by Gasteiger charge is 2.24. The fraction of sp³-hybridized carbons (Fsp3) is 0.571. The summed E-state index contributed by atoms with van der Waals surface area (Å²) in [6.45, 7) is 3.04. The molecule has 1 aromatic rings. The van der Waals surface area contributed by atoms with Gasteiger partial charge in [-0.3, -0.25) is 0 Å². The smallest absolute Gasteiger partial charge is 0.128 e. The van der Waals surface area contributed by atoms with Crippen LogP contribution in [0, 0.1) is 5.82 Å². The van der Waals surface area contributed by atoms with Gasteiger partial charge in [-0.2, -0.15) is 0 Å². The Morgan fingerprint density at radius 2 is 2.37 bits per heavy atom. The molecule has 0 spiro atoms. The quantitative estimate of drug-likeness (QED) is 0.886. The van der Waals surface area contributed by atoms with Crippen LogP contribution in [0.15, 0.2) is 22.7 Å². The summed E-state index contributed by atoms with van der Waals surface area (Å²) in [5.41, 5.74) is 0.732. The van der Waals surface area contributed by atoms with E-state index in [9.17, 15) is 4.39 Å². The SMILES string of the molecule is CNC(CC1CNCCN1C)c1cc(Br)ccc1F. The molecule has 1 fully saturated rings. The molecule has 0 bridgehead atoms. The van der Waals surface area contributed by atoms with E-state index < -0.39 is 0 Å². The summed E-state index contributed by atoms with van der Waals surface area (Å²) in [5.74, 6) is -0.144. The number of halogens is 2. The van der Waals surface area contributed by atoms with Crippen LogP contribution in [0.5, 0.6) is 0 Å². The summed E-state index contributed by atoms with van der Waals surface area (Å²) in [6.07, 6.45) is 0.896. The number of hydrogen-bond acceptors (Lipinski definition) is 3. The van der Waals surface area contributed by atoms with Crippen molar-refractivity contribution < 1.29 is 4.39 Å². The summed E-state index contributed by atoms with van der Waals surface area (Å²) in [7, 11) is 4.02. The Kier molecular flexibility index (Phi) is 5.33. The number of hydrogen-bond donors (Lipinski definition) is 2. The lowest BCUT2D eigenvalue weighted by molar-refractivity contribution is 0.177. The molecule has 0 aliphatic carbocycles. The Morgan fingerprint density at radius 1 is 1.58 bits per heavy atom. The van der Waals surface area contributed by atoms with Crippen LogP contribution in [0.25, 0.3) is 0 Å². The van der Waals surface area contributed by atoms with Crippen molar-refractivity contribution in [2.75, 3.05) is 33.7 Å². The van der Waals surface area contributed by atoms with Gasteiger partial charge in [0, 0.05) is 41.8 Å². The third kappa shape index (κ3) is 3.75. The summed E-state index contributed by atoms with van der Waals surface area (Å²) in [5, 5.41) is 6.64. The van der Waals surface area contributed by atoms with Crippen molar-refractivity contribution in [3.05, 3.63) is 34.1 Å². The van der Waals surface area contributed by atoms with Gasteiger partial charge in [-0.05, 0) is 38.7 Å². The maximum Gasteiger partial charge on any atom is 0.128 e. The predicted molar refractivity (Wildman–Crippen MR) is 79.8 cm³/mol. The Bertz CT molecular complexity index is 427. The van der Waals surface area contributed by atoms with Gasteiger partial charge in [0.15, 0.2) is 0 Å². The monoisotopic (exact) mass is 329 g/mol. The maximum absolute atomic E-state index is 14.0. The molecule has 5 heteroatoms. The minimum absolute atomic E-state index is 0.0323. The molecule has 106 valence electrons. The molecule has 2 N–H and O–H groups in total. The molecule has 0 amide bonds. The van der Waals surface area contributed by atoms with Gasteiger partial charge in [0.2, 0.25) is 0 Å². The third-order valence-corrected chi connectivity index (χ3v) is 4.33. The Hall–Kier alpha value is -0.490. The van der Waals surface area contributed by atoms with Crippen molar-refractivity contribution in [2.24, 2.45) is 0 Å². The number of likely N-dealkylation sites (N-methyl/N-ethyl adjacent to an activating group) is 1. The average molecular weight is 330 g/mol. The molecule has 2 atom stereocenters. The first kappa shape index (κ1) is 14.9. The standard InChI is InChI=1S/C14H21BrFN3/c1-17-14(8-11-9-18-5-6-19(11)2)12-7-10(15)3-4-13(12)16/h3-4,7,11,14,17-18H,5-6,8-9H2,1-2H3. The van der Waals surface area contributed by atoms with E-state index in [1.54, 1.807) is 6.07 Å². The van der Waals surface area contributed by atoms with Crippen LogP contribution >= 0.6 is 15.9 Å². The number of piperazine rings is 1. The molecule has 0 aromatic heterocycles. The van der Waals surface area contributed by atoms with E-state index >= 15 is 0 Å². The largest absolute Gasteiger partial charge is 0.314 e. The molecule has 0 radical (unpaired) electrons. The number of benzene rings is 1. The normalized spacial score (nSPS) is 22.4. The van der Waals surface area contributed by atoms with Gasteiger partial charge in [0.05, 0.1) is 0 Å². The topological polar surface area (TPSA) is 27.3 Å². The van der Waals surface area contributed by atoms with E-state index in [0.29, 0.717) is 6.04 Å². The van der Waals surface area contributed by atoms with Crippen LogP contribution in [0.3, 0.4) is 0 Å². The second-order valence-electron chi connectivity index (χ2n) is 5.08. The van der Waals surface area contributed by atoms with E-state index in [-0.39, 0.29) is 11.9 Å². The molecule has 2 rings (SSSR count). The zero-order valence-electron chi connectivity index (χ0n) is 11.4. The van der Waals surface area contributed by atoms with Gasteiger partial charge in [-0.25, -0.2) is 4.39 Å². The third-order valence-electron chi connectivity index (χ3n) is 3.83. The first-order chi connectivity index (χ1) is 9.11. The van der Waals surface area contributed by atoms with Crippen LogP contribution in [-0.4, -0.2) is 44.7 Å². The van der Waals surface area contributed by atoms with Crippen LogP contribution in [0.1, 0.15) is 18.0 Å². The summed E-state index contributed by atoms with van der Waals surface area (Å²) in [4.78, 5) is 2.34. The van der Waals surface area contributed by atoms with Crippen molar-refractivity contribution in [1.29, 1.82) is 0 Å². The Morgan fingerprint density at radius 3 is 3.05 bits per heavy atom. The summed E-state index contributed by atoms with van der Waals surface area (Å²) in [6, 6.07) is 5.59. The van der Waals surface area contributed by atoms with Gasteiger partial charge in [-0.15, -0.1) is 0 Å².